The number of aryl methyl sites for hydroxylation is 1. The molecule has 0 fully saturated rings. The first-order valence-electron chi connectivity index (χ1n) is 8.58. The molecular formula is C19H16F3N3O3S. The summed E-state index contributed by atoms with van der Waals surface area (Å²) in [5.74, 6) is -0.691. The van der Waals surface area contributed by atoms with Gasteiger partial charge >= 0.3 is 6.36 Å². The topological polar surface area (TPSA) is 73.2 Å². The zero-order valence-corrected chi connectivity index (χ0v) is 15.8. The van der Waals surface area contributed by atoms with Crippen LogP contribution in [-0.2, 0) is 11.3 Å². The summed E-state index contributed by atoms with van der Waals surface area (Å²) < 4.78 is 41.5. The zero-order chi connectivity index (χ0) is 20.9. The summed E-state index contributed by atoms with van der Waals surface area (Å²) in [6.45, 7) is 0.268. The highest BCUT2D eigenvalue weighted by atomic mass is 32.1. The van der Waals surface area contributed by atoms with Crippen molar-refractivity contribution in [1.29, 1.82) is 0 Å². The average Bonchev–Trinajstić information content (AvgIpc) is 3.18. The SMILES string of the molecule is O=C(CCCn1nc(-c2cccs2)ccc1=O)Nc1ccc(OC(F)(F)F)cc1. The van der Waals surface area contributed by atoms with Crippen LogP contribution in [0, 0.1) is 0 Å². The number of nitrogens with one attached hydrogen (secondary N) is 1. The Labute approximate surface area is 167 Å². The van der Waals surface area contributed by atoms with E-state index in [0.29, 0.717) is 17.8 Å². The molecule has 0 spiro atoms. The second kappa shape index (κ2) is 8.91. The monoisotopic (exact) mass is 423 g/mol. The number of carbonyl (C=O) groups excluding carboxylic acids is 1. The highest BCUT2D eigenvalue weighted by Gasteiger charge is 2.30. The number of thiophene rings is 1. The quantitative estimate of drug-likeness (QED) is 0.615. The summed E-state index contributed by atoms with van der Waals surface area (Å²) in [6.07, 6.45) is -4.27. The highest BCUT2D eigenvalue weighted by molar-refractivity contribution is 7.13. The number of amides is 1. The smallest absolute Gasteiger partial charge is 0.406 e. The Morgan fingerprint density at radius 2 is 1.90 bits per heavy atom. The maximum Gasteiger partial charge on any atom is 0.573 e. The summed E-state index contributed by atoms with van der Waals surface area (Å²) in [4.78, 5) is 24.9. The van der Waals surface area contributed by atoms with Crippen LogP contribution in [0.15, 0.2) is 58.7 Å². The first-order chi connectivity index (χ1) is 13.8. The fourth-order valence-corrected chi connectivity index (χ4v) is 3.21. The van der Waals surface area contributed by atoms with Crippen LogP contribution < -0.4 is 15.6 Å². The number of benzene rings is 1. The molecule has 0 aliphatic carbocycles. The lowest BCUT2D eigenvalue weighted by Gasteiger charge is -2.10. The number of anilines is 1. The van der Waals surface area contributed by atoms with Crippen molar-refractivity contribution in [2.45, 2.75) is 25.7 Å². The standard InChI is InChI=1S/C19H16F3N3O3S/c20-19(21,22)28-14-7-5-13(6-8-14)23-17(26)4-1-11-25-18(27)10-9-15(24-25)16-3-2-12-29-16/h2-3,5-10,12H,1,4,11H2,(H,23,26). The minimum atomic E-state index is -4.77. The van der Waals surface area contributed by atoms with Crippen molar-refractivity contribution in [3.63, 3.8) is 0 Å². The van der Waals surface area contributed by atoms with E-state index in [0.717, 1.165) is 17.0 Å². The molecule has 0 saturated carbocycles. The molecule has 0 saturated heterocycles. The van der Waals surface area contributed by atoms with Crippen LogP contribution in [0.4, 0.5) is 18.9 Å². The number of alkyl halides is 3. The molecule has 0 bridgehead atoms. The third-order valence-electron chi connectivity index (χ3n) is 3.79. The van der Waals surface area contributed by atoms with Gasteiger partial charge in [0.2, 0.25) is 5.91 Å². The molecule has 0 aliphatic rings. The predicted molar refractivity (Wildman–Crippen MR) is 103 cm³/mol. The molecule has 2 aromatic heterocycles. The lowest BCUT2D eigenvalue weighted by atomic mass is 10.2. The molecule has 3 aromatic rings. The van der Waals surface area contributed by atoms with E-state index in [1.54, 1.807) is 6.07 Å². The number of halogens is 3. The third-order valence-corrected chi connectivity index (χ3v) is 4.68. The van der Waals surface area contributed by atoms with E-state index in [2.05, 4.69) is 15.2 Å². The van der Waals surface area contributed by atoms with Crippen LogP contribution in [0.25, 0.3) is 10.6 Å². The Balaban J connectivity index is 1.51. The minimum absolute atomic E-state index is 0.123. The molecule has 0 atom stereocenters. The molecule has 2 heterocycles. The molecule has 3 rings (SSSR count). The molecular weight excluding hydrogens is 407 g/mol. The molecule has 1 amide bonds. The molecule has 10 heteroatoms. The highest BCUT2D eigenvalue weighted by Crippen LogP contribution is 2.24. The molecule has 152 valence electrons. The molecule has 0 unspecified atom stereocenters. The fourth-order valence-electron chi connectivity index (χ4n) is 2.52. The zero-order valence-electron chi connectivity index (χ0n) is 15.0. The molecule has 0 aliphatic heterocycles. The van der Waals surface area contributed by atoms with E-state index in [1.165, 1.54) is 34.2 Å². The second-order valence-corrected chi connectivity index (χ2v) is 6.93. The summed E-state index contributed by atoms with van der Waals surface area (Å²) in [5, 5.41) is 8.81. The first kappa shape index (κ1) is 20.6. The maximum atomic E-state index is 12.1. The lowest BCUT2D eigenvalue weighted by molar-refractivity contribution is -0.274. The van der Waals surface area contributed by atoms with Gasteiger partial charge in [0.05, 0.1) is 4.88 Å². The van der Waals surface area contributed by atoms with Crippen molar-refractivity contribution in [3.05, 3.63) is 64.3 Å². The second-order valence-electron chi connectivity index (χ2n) is 5.98. The van der Waals surface area contributed by atoms with Gasteiger partial charge in [-0.1, -0.05) is 6.07 Å². The minimum Gasteiger partial charge on any atom is -0.406 e. The van der Waals surface area contributed by atoms with Crippen LogP contribution in [0.2, 0.25) is 0 Å². The Kier molecular flexibility index (Phi) is 6.32. The van der Waals surface area contributed by atoms with Crippen LogP contribution in [-0.4, -0.2) is 22.1 Å². The first-order valence-corrected chi connectivity index (χ1v) is 9.46. The van der Waals surface area contributed by atoms with Crippen molar-refractivity contribution in [1.82, 2.24) is 9.78 Å². The number of ether oxygens (including phenoxy) is 1. The maximum absolute atomic E-state index is 12.1. The van der Waals surface area contributed by atoms with Crippen LogP contribution in [0.5, 0.6) is 5.75 Å². The van der Waals surface area contributed by atoms with E-state index in [4.69, 9.17) is 0 Å². The number of carbonyl (C=O) groups is 1. The van der Waals surface area contributed by atoms with Gasteiger partial charge in [-0.15, -0.1) is 24.5 Å². The van der Waals surface area contributed by atoms with Crippen molar-refractivity contribution in [2.75, 3.05) is 5.32 Å². The number of nitrogens with zero attached hydrogens (tertiary/aromatic N) is 2. The average molecular weight is 423 g/mol. The van der Waals surface area contributed by atoms with Gasteiger partial charge in [-0.3, -0.25) is 9.59 Å². The Morgan fingerprint density at radius 3 is 2.55 bits per heavy atom. The van der Waals surface area contributed by atoms with Gasteiger partial charge in [-0.2, -0.15) is 5.10 Å². The fraction of sp³-hybridized carbons (Fsp3) is 0.211. The van der Waals surface area contributed by atoms with Crippen molar-refractivity contribution in [3.8, 4) is 16.3 Å². The van der Waals surface area contributed by atoms with Gasteiger partial charge < -0.3 is 10.1 Å². The predicted octanol–water partition coefficient (Wildman–Crippen LogP) is 4.29. The van der Waals surface area contributed by atoms with E-state index in [1.807, 2.05) is 17.5 Å². The van der Waals surface area contributed by atoms with E-state index in [9.17, 15) is 22.8 Å². The van der Waals surface area contributed by atoms with Crippen LogP contribution >= 0.6 is 11.3 Å². The van der Waals surface area contributed by atoms with Gasteiger partial charge in [0, 0.05) is 24.7 Å². The van der Waals surface area contributed by atoms with E-state index < -0.39 is 6.36 Å². The number of hydrogen-bond acceptors (Lipinski definition) is 5. The van der Waals surface area contributed by atoms with Crippen LogP contribution in [0.3, 0.4) is 0 Å². The number of rotatable bonds is 7. The molecule has 1 aromatic carbocycles. The largest absolute Gasteiger partial charge is 0.573 e. The van der Waals surface area contributed by atoms with E-state index >= 15 is 0 Å². The number of aromatic nitrogens is 2. The molecule has 1 N–H and O–H groups in total. The van der Waals surface area contributed by atoms with E-state index in [-0.39, 0.29) is 30.2 Å². The summed E-state index contributed by atoms with van der Waals surface area (Å²) in [5.41, 5.74) is 0.774. The summed E-state index contributed by atoms with van der Waals surface area (Å²) in [7, 11) is 0. The van der Waals surface area contributed by atoms with Crippen molar-refractivity contribution in [2.24, 2.45) is 0 Å². The van der Waals surface area contributed by atoms with Gasteiger partial charge in [0.25, 0.3) is 5.56 Å². The van der Waals surface area contributed by atoms with Crippen molar-refractivity contribution < 1.29 is 22.7 Å². The Hall–Kier alpha value is -3.14. The third kappa shape index (κ3) is 6.18. The van der Waals surface area contributed by atoms with Gasteiger partial charge in [-0.25, -0.2) is 4.68 Å². The molecule has 6 nitrogen and oxygen atoms in total. The summed E-state index contributed by atoms with van der Waals surface area (Å²) in [6, 6.07) is 11.7. The number of hydrogen-bond donors (Lipinski definition) is 1. The lowest BCUT2D eigenvalue weighted by Crippen LogP contribution is -2.23. The van der Waals surface area contributed by atoms with Gasteiger partial charge in [-0.05, 0) is 48.2 Å². The van der Waals surface area contributed by atoms with Crippen molar-refractivity contribution >= 4 is 22.9 Å². The normalized spacial score (nSPS) is 11.3. The van der Waals surface area contributed by atoms with Crippen LogP contribution in [0.1, 0.15) is 12.8 Å². The molecule has 29 heavy (non-hydrogen) atoms. The Morgan fingerprint density at radius 1 is 1.14 bits per heavy atom. The molecule has 0 radical (unpaired) electrons. The summed E-state index contributed by atoms with van der Waals surface area (Å²) >= 11 is 1.51. The van der Waals surface area contributed by atoms with Gasteiger partial charge in [0.15, 0.2) is 0 Å². The Bertz CT molecular complexity index is 1020. The van der Waals surface area contributed by atoms with Gasteiger partial charge in [0.1, 0.15) is 11.4 Å².